The summed E-state index contributed by atoms with van der Waals surface area (Å²) in [6.45, 7) is 4.79. The van der Waals surface area contributed by atoms with Crippen LogP contribution in [-0.4, -0.2) is 29.1 Å². The van der Waals surface area contributed by atoms with Gasteiger partial charge in [0.05, 0.1) is 16.5 Å². The molecule has 5 rings (SSSR count). The van der Waals surface area contributed by atoms with Gasteiger partial charge in [0.25, 0.3) is 11.7 Å². The molecular weight excluding hydrogens is 388 g/mol. The zero-order valence-corrected chi connectivity index (χ0v) is 17.7. The highest BCUT2D eigenvalue weighted by atomic mass is 16.5. The van der Waals surface area contributed by atoms with Crippen molar-refractivity contribution in [3.63, 3.8) is 0 Å². The highest BCUT2D eigenvalue weighted by molar-refractivity contribution is 6.47. The van der Waals surface area contributed by atoms with Gasteiger partial charge in [-0.1, -0.05) is 24.3 Å². The first-order valence-corrected chi connectivity index (χ1v) is 10.4. The lowest BCUT2D eigenvalue weighted by Gasteiger charge is -2.06. The van der Waals surface area contributed by atoms with Gasteiger partial charge in [-0.3, -0.25) is 14.6 Å². The summed E-state index contributed by atoms with van der Waals surface area (Å²) in [5, 5.41) is 1.74. The second kappa shape index (κ2) is 7.20. The first-order valence-electron chi connectivity index (χ1n) is 10.4. The third-order valence-corrected chi connectivity index (χ3v) is 6.00. The molecule has 2 aromatic carbocycles. The zero-order valence-electron chi connectivity index (χ0n) is 17.7. The molecule has 0 saturated carbocycles. The zero-order chi connectivity index (χ0) is 21.7. The van der Waals surface area contributed by atoms with Crippen molar-refractivity contribution in [2.75, 3.05) is 7.05 Å². The molecule has 2 heterocycles. The van der Waals surface area contributed by atoms with E-state index in [4.69, 9.17) is 4.74 Å². The Hall–Kier alpha value is -3.73. The lowest BCUT2D eigenvalue weighted by Crippen LogP contribution is -2.11. The van der Waals surface area contributed by atoms with Gasteiger partial charge in [-0.15, -0.1) is 0 Å². The Morgan fingerprint density at radius 3 is 2.68 bits per heavy atom. The first-order chi connectivity index (χ1) is 15.0. The van der Waals surface area contributed by atoms with Crippen LogP contribution in [0.4, 0.5) is 0 Å². The van der Waals surface area contributed by atoms with Crippen molar-refractivity contribution in [2.24, 2.45) is 4.99 Å². The number of hydrogen-bond acceptors (Lipinski definition) is 4. The van der Waals surface area contributed by atoms with E-state index in [1.165, 1.54) is 0 Å². The Labute approximate surface area is 180 Å². The highest BCUT2D eigenvalue weighted by Crippen LogP contribution is 2.41. The number of aryl methyl sites for hydroxylation is 1. The Kier molecular flexibility index (Phi) is 4.47. The number of carbonyl (C=O) groups is 2. The summed E-state index contributed by atoms with van der Waals surface area (Å²) in [5.41, 5.74) is 4.75. The smallest absolute Gasteiger partial charge is 0.263 e. The fourth-order valence-corrected chi connectivity index (χ4v) is 4.47. The van der Waals surface area contributed by atoms with E-state index >= 15 is 0 Å². The number of fused-ring (bicyclic) bond motifs is 5. The fraction of sp³-hybridized carbons (Fsp3) is 0.192. The van der Waals surface area contributed by atoms with Gasteiger partial charge in [0.2, 0.25) is 0 Å². The molecule has 0 atom stereocenters. The van der Waals surface area contributed by atoms with Gasteiger partial charge in [-0.05, 0) is 56.2 Å². The predicted octanol–water partition coefficient (Wildman–Crippen LogP) is 5.43. The number of allylic oxidation sites excluding steroid dienone is 6. The van der Waals surface area contributed by atoms with Crippen molar-refractivity contribution in [1.29, 1.82) is 0 Å². The van der Waals surface area contributed by atoms with Gasteiger partial charge < -0.3 is 9.30 Å². The van der Waals surface area contributed by atoms with Gasteiger partial charge in [-0.2, -0.15) is 0 Å². The number of aromatic nitrogens is 1. The minimum absolute atomic E-state index is 0.0139. The molecule has 0 saturated heterocycles. The Balaban J connectivity index is 1.77. The van der Waals surface area contributed by atoms with Crippen LogP contribution in [-0.2, 0) is 6.54 Å². The van der Waals surface area contributed by atoms with Crippen molar-refractivity contribution in [1.82, 2.24) is 4.57 Å². The molecule has 2 aliphatic rings. The lowest BCUT2D eigenvalue weighted by atomic mass is 9.97. The van der Waals surface area contributed by atoms with Crippen LogP contribution in [0.1, 0.15) is 41.0 Å². The summed E-state index contributed by atoms with van der Waals surface area (Å²) in [5.74, 6) is 0.404. The monoisotopic (exact) mass is 410 g/mol. The van der Waals surface area contributed by atoms with Crippen LogP contribution in [0.2, 0.25) is 0 Å². The van der Waals surface area contributed by atoms with Gasteiger partial charge in [0.1, 0.15) is 0 Å². The summed E-state index contributed by atoms with van der Waals surface area (Å²) < 4.78 is 8.04. The van der Waals surface area contributed by atoms with E-state index in [2.05, 4.69) is 22.6 Å². The molecule has 0 spiro atoms. The number of Topliss-reactive ketones (excluding diaryl/α,β-unsaturated/α-hetero) is 2. The topological polar surface area (TPSA) is 60.7 Å². The first kappa shape index (κ1) is 19.2. The number of rotatable bonds is 3. The number of aliphatic imine (C=N–C) groups is 1. The van der Waals surface area contributed by atoms with Crippen LogP contribution in [0.5, 0.6) is 5.75 Å². The Morgan fingerprint density at radius 1 is 1.13 bits per heavy atom. The molecule has 31 heavy (non-hydrogen) atoms. The molecule has 0 N–H and O–H groups in total. The van der Waals surface area contributed by atoms with Crippen LogP contribution in [0, 0.1) is 0 Å². The average Bonchev–Trinajstić information content (AvgIpc) is 3.19. The number of hydrogen-bond donors (Lipinski definition) is 0. The summed E-state index contributed by atoms with van der Waals surface area (Å²) in [6.07, 6.45) is 8.76. The number of ether oxygens (including phenoxy) is 1. The van der Waals surface area contributed by atoms with E-state index in [1.54, 1.807) is 13.1 Å². The summed E-state index contributed by atoms with van der Waals surface area (Å²) in [4.78, 5) is 29.9. The van der Waals surface area contributed by atoms with Crippen molar-refractivity contribution < 1.29 is 14.3 Å². The van der Waals surface area contributed by atoms with Crippen LogP contribution in [0.25, 0.3) is 21.8 Å². The lowest BCUT2D eigenvalue weighted by molar-refractivity contribution is 0.103. The molecule has 3 aromatic rings. The van der Waals surface area contributed by atoms with Crippen molar-refractivity contribution >= 4 is 39.3 Å². The van der Waals surface area contributed by atoms with Gasteiger partial charge in [0, 0.05) is 35.6 Å². The molecule has 0 fully saturated rings. The summed E-state index contributed by atoms with van der Waals surface area (Å²) >= 11 is 0. The van der Waals surface area contributed by atoms with Crippen LogP contribution in [0.3, 0.4) is 0 Å². The number of benzene rings is 2. The fourth-order valence-electron chi connectivity index (χ4n) is 4.47. The molecule has 0 radical (unpaired) electrons. The molecule has 5 nitrogen and oxygen atoms in total. The Morgan fingerprint density at radius 2 is 1.90 bits per heavy atom. The molecule has 154 valence electrons. The van der Waals surface area contributed by atoms with E-state index in [0.29, 0.717) is 22.4 Å². The largest absolute Gasteiger partial charge is 0.434 e. The standard InChI is InChI=1S/C26H22N2O3/c1-4-28-20-12-10-16(23(29)17-9-7-5-6-8-15(17)2)14-19(20)22-21(28)13-11-18-24(30)26(27-3)31-25(18)22/h6-14H,4-5H2,1-3H3. The maximum atomic E-state index is 13.3. The third kappa shape index (κ3) is 2.81. The minimum atomic E-state index is -0.208. The molecule has 1 aliphatic heterocycles. The second-order valence-electron chi connectivity index (χ2n) is 7.74. The second-order valence-corrected chi connectivity index (χ2v) is 7.74. The van der Waals surface area contributed by atoms with Crippen LogP contribution >= 0.6 is 0 Å². The minimum Gasteiger partial charge on any atom is -0.434 e. The normalized spacial score (nSPS) is 17.0. The number of nitrogens with zero attached hydrogens (tertiary/aromatic N) is 2. The summed E-state index contributed by atoms with van der Waals surface area (Å²) in [6, 6.07) is 9.53. The summed E-state index contributed by atoms with van der Waals surface area (Å²) in [7, 11) is 1.55. The molecule has 0 bridgehead atoms. The number of ketones is 2. The van der Waals surface area contributed by atoms with E-state index in [9.17, 15) is 9.59 Å². The predicted molar refractivity (Wildman–Crippen MR) is 123 cm³/mol. The van der Waals surface area contributed by atoms with Gasteiger partial charge >= 0.3 is 0 Å². The molecule has 1 aromatic heterocycles. The van der Waals surface area contributed by atoms with E-state index in [-0.39, 0.29) is 17.5 Å². The SMILES string of the molecule is CCn1c2ccc(C(=O)C3=C(C)C=CCC=C3)cc2c2c3c(ccc21)C(=O)C(=NC)O3. The number of carbonyl (C=O) groups excluding carboxylic acids is 2. The van der Waals surface area contributed by atoms with Gasteiger partial charge in [-0.25, -0.2) is 0 Å². The van der Waals surface area contributed by atoms with Crippen LogP contribution in [0.15, 0.2) is 70.8 Å². The van der Waals surface area contributed by atoms with E-state index in [1.807, 2.05) is 49.4 Å². The van der Waals surface area contributed by atoms with Crippen molar-refractivity contribution in [3.05, 3.63) is 76.9 Å². The van der Waals surface area contributed by atoms with Crippen molar-refractivity contribution in [3.8, 4) is 5.75 Å². The highest BCUT2D eigenvalue weighted by Gasteiger charge is 2.32. The van der Waals surface area contributed by atoms with E-state index in [0.717, 1.165) is 40.3 Å². The third-order valence-electron chi connectivity index (χ3n) is 6.00. The van der Waals surface area contributed by atoms with Crippen LogP contribution < -0.4 is 4.74 Å². The Bertz CT molecular complexity index is 1410. The quantitative estimate of drug-likeness (QED) is 0.541. The molecule has 1 aliphatic carbocycles. The van der Waals surface area contributed by atoms with E-state index < -0.39 is 0 Å². The van der Waals surface area contributed by atoms with Crippen molar-refractivity contribution in [2.45, 2.75) is 26.8 Å². The molecule has 0 amide bonds. The maximum Gasteiger partial charge on any atom is 0.263 e. The molecule has 0 unspecified atom stereocenters. The molecule has 5 heteroatoms. The molecular formula is C26H22N2O3. The maximum absolute atomic E-state index is 13.3. The average molecular weight is 410 g/mol. The van der Waals surface area contributed by atoms with Gasteiger partial charge in [0.15, 0.2) is 11.5 Å².